The highest BCUT2D eigenvalue weighted by molar-refractivity contribution is 9.09. The number of benzene rings is 1. The Balaban J connectivity index is 2.86. The van der Waals surface area contributed by atoms with Crippen molar-refractivity contribution in [1.29, 1.82) is 0 Å². The molecule has 94 valence electrons. The van der Waals surface area contributed by atoms with Gasteiger partial charge in [-0.05, 0) is 31.5 Å². The topological polar surface area (TPSA) is 29.1 Å². The molecule has 2 nitrogen and oxygen atoms in total. The number of amides is 1. The fraction of sp³-hybridized carbons (Fsp3) is 0.417. The van der Waals surface area contributed by atoms with E-state index in [0.717, 1.165) is 0 Å². The Labute approximate surface area is 117 Å². The van der Waals surface area contributed by atoms with Gasteiger partial charge in [-0.25, -0.2) is 4.39 Å². The molecular formula is C12H14Br2FNO. The third-order valence-corrected chi connectivity index (χ3v) is 4.91. The minimum Gasteiger partial charge on any atom is -0.345 e. The lowest BCUT2D eigenvalue weighted by atomic mass is 10.1. The van der Waals surface area contributed by atoms with Crippen LogP contribution in [0.5, 0.6) is 0 Å². The number of aryl methyl sites for hydroxylation is 1. The summed E-state index contributed by atoms with van der Waals surface area (Å²) in [6, 6.07) is 4.48. The van der Waals surface area contributed by atoms with Crippen LogP contribution in [-0.4, -0.2) is 22.1 Å². The highest BCUT2D eigenvalue weighted by Crippen LogP contribution is 2.14. The van der Waals surface area contributed by atoms with Crippen LogP contribution in [0.4, 0.5) is 4.39 Å². The molecule has 0 aliphatic carbocycles. The first-order valence-electron chi connectivity index (χ1n) is 5.12. The quantitative estimate of drug-likeness (QED) is 0.813. The first-order valence-corrected chi connectivity index (χ1v) is 7.37. The molecule has 1 N–H and O–H groups in total. The van der Waals surface area contributed by atoms with E-state index in [9.17, 15) is 9.18 Å². The van der Waals surface area contributed by atoms with Crippen LogP contribution in [0.1, 0.15) is 22.8 Å². The number of carbonyl (C=O) groups excluding carboxylic acids is 1. The Morgan fingerprint density at radius 2 is 2.00 bits per heavy atom. The van der Waals surface area contributed by atoms with Crippen molar-refractivity contribution in [3.63, 3.8) is 0 Å². The SMILES string of the molecule is Cc1ccc(C(=O)NC(C)(CBr)CBr)cc1F. The molecule has 1 amide bonds. The summed E-state index contributed by atoms with van der Waals surface area (Å²) in [5, 5.41) is 4.09. The molecule has 0 heterocycles. The van der Waals surface area contributed by atoms with Gasteiger partial charge in [0.25, 0.3) is 5.91 Å². The molecule has 0 aliphatic rings. The van der Waals surface area contributed by atoms with Crippen LogP contribution in [0.25, 0.3) is 0 Å². The number of rotatable bonds is 4. The fourth-order valence-corrected chi connectivity index (χ4v) is 2.39. The number of alkyl halides is 2. The molecule has 1 rings (SSSR count). The number of hydrogen-bond donors (Lipinski definition) is 1. The Morgan fingerprint density at radius 3 is 2.47 bits per heavy atom. The summed E-state index contributed by atoms with van der Waals surface area (Å²) in [4.78, 5) is 11.9. The van der Waals surface area contributed by atoms with Gasteiger partial charge in [-0.2, -0.15) is 0 Å². The van der Waals surface area contributed by atoms with E-state index in [1.165, 1.54) is 6.07 Å². The lowest BCUT2D eigenvalue weighted by Gasteiger charge is -2.26. The van der Waals surface area contributed by atoms with E-state index in [-0.39, 0.29) is 11.7 Å². The van der Waals surface area contributed by atoms with Crippen molar-refractivity contribution >= 4 is 37.8 Å². The van der Waals surface area contributed by atoms with E-state index >= 15 is 0 Å². The molecule has 0 spiro atoms. The van der Waals surface area contributed by atoms with Crippen LogP contribution in [0.15, 0.2) is 18.2 Å². The number of hydrogen-bond acceptors (Lipinski definition) is 1. The van der Waals surface area contributed by atoms with E-state index in [1.54, 1.807) is 19.1 Å². The van der Waals surface area contributed by atoms with Crippen molar-refractivity contribution in [3.05, 3.63) is 35.1 Å². The lowest BCUT2D eigenvalue weighted by Crippen LogP contribution is -2.48. The minimum absolute atomic E-state index is 0.273. The van der Waals surface area contributed by atoms with Gasteiger partial charge in [0.1, 0.15) is 5.82 Å². The van der Waals surface area contributed by atoms with Gasteiger partial charge in [0.2, 0.25) is 0 Å². The summed E-state index contributed by atoms with van der Waals surface area (Å²) in [6.07, 6.45) is 0. The molecule has 0 aromatic heterocycles. The predicted octanol–water partition coefficient (Wildman–Crippen LogP) is 3.41. The lowest BCUT2D eigenvalue weighted by molar-refractivity contribution is 0.0922. The molecule has 1 aromatic rings. The smallest absolute Gasteiger partial charge is 0.251 e. The Hall–Kier alpha value is -0.420. The van der Waals surface area contributed by atoms with E-state index in [2.05, 4.69) is 37.2 Å². The van der Waals surface area contributed by atoms with Crippen molar-refractivity contribution in [2.45, 2.75) is 19.4 Å². The molecule has 0 bridgehead atoms. The molecular weight excluding hydrogens is 353 g/mol. The van der Waals surface area contributed by atoms with Gasteiger partial charge in [-0.15, -0.1) is 0 Å². The Bertz CT molecular complexity index is 419. The minimum atomic E-state index is -0.390. The molecule has 0 saturated carbocycles. The highest BCUT2D eigenvalue weighted by atomic mass is 79.9. The molecule has 0 atom stereocenters. The zero-order chi connectivity index (χ0) is 13.1. The average molecular weight is 367 g/mol. The largest absolute Gasteiger partial charge is 0.345 e. The molecule has 0 aliphatic heterocycles. The normalized spacial score (nSPS) is 11.4. The number of carbonyl (C=O) groups is 1. The maximum absolute atomic E-state index is 13.3. The molecule has 17 heavy (non-hydrogen) atoms. The monoisotopic (exact) mass is 365 g/mol. The van der Waals surface area contributed by atoms with Crippen molar-refractivity contribution in [3.8, 4) is 0 Å². The predicted molar refractivity (Wildman–Crippen MR) is 74.6 cm³/mol. The van der Waals surface area contributed by atoms with Crippen LogP contribution in [0.2, 0.25) is 0 Å². The van der Waals surface area contributed by atoms with Gasteiger partial charge >= 0.3 is 0 Å². The molecule has 0 unspecified atom stereocenters. The van der Waals surface area contributed by atoms with Crippen molar-refractivity contribution in [1.82, 2.24) is 5.32 Å². The van der Waals surface area contributed by atoms with Gasteiger partial charge in [-0.3, -0.25) is 4.79 Å². The third kappa shape index (κ3) is 3.78. The van der Waals surface area contributed by atoms with E-state index < -0.39 is 5.54 Å². The standard InChI is InChI=1S/C12H14Br2FNO/c1-8-3-4-9(5-10(8)15)11(17)16-12(2,6-13)7-14/h3-5H,6-7H2,1-2H3,(H,16,17). The van der Waals surface area contributed by atoms with E-state index in [4.69, 9.17) is 0 Å². The van der Waals surface area contributed by atoms with Crippen LogP contribution in [-0.2, 0) is 0 Å². The molecule has 1 aromatic carbocycles. The molecule has 0 radical (unpaired) electrons. The maximum Gasteiger partial charge on any atom is 0.251 e. The second kappa shape index (κ2) is 5.96. The van der Waals surface area contributed by atoms with Crippen LogP contribution in [0, 0.1) is 12.7 Å². The Kier molecular flexibility index (Phi) is 5.13. The first-order chi connectivity index (χ1) is 7.91. The van der Waals surface area contributed by atoms with Crippen LogP contribution in [0.3, 0.4) is 0 Å². The van der Waals surface area contributed by atoms with Crippen LogP contribution >= 0.6 is 31.9 Å². The average Bonchev–Trinajstić information content (AvgIpc) is 2.32. The van der Waals surface area contributed by atoms with Crippen molar-refractivity contribution in [2.24, 2.45) is 0 Å². The first kappa shape index (κ1) is 14.6. The van der Waals surface area contributed by atoms with Gasteiger partial charge in [0.05, 0.1) is 5.54 Å². The summed E-state index contributed by atoms with van der Waals surface area (Å²) in [7, 11) is 0. The molecule has 0 saturated heterocycles. The Morgan fingerprint density at radius 1 is 1.41 bits per heavy atom. The van der Waals surface area contributed by atoms with E-state index in [0.29, 0.717) is 21.8 Å². The summed E-state index contributed by atoms with van der Waals surface area (Å²) in [5.41, 5.74) is 0.477. The summed E-state index contributed by atoms with van der Waals surface area (Å²) >= 11 is 6.68. The van der Waals surface area contributed by atoms with Gasteiger partial charge in [0, 0.05) is 16.2 Å². The van der Waals surface area contributed by atoms with Crippen molar-refractivity contribution < 1.29 is 9.18 Å². The number of halogens is 3. The second-order valence-corrected chi connectivity index (χ2v) is 5.37. The van der Waals surface area contributed by atoms with Gasteiger partial charge in [0.15, 0.2) is 0 Å². The maximum atomic E-state index is 13.3. The molecule has 0 fully saturated rings. The van der Waals surface area contributed by atoms with Gasteiger partial charge < -0.3 is 5.32 Å². The van der Waals surface area contributed by atoms with Gasteiger partial charge in [-0.1, -0.05) is 37.9 Å². The van der Waals surface area contributed by atoms with Crippen molar-refractivity contribution in [2.75, 3.05) is 10.7 Å². The highest BCUT2D eigenvalue weighted by Gasteiger charge is 2.24. The summed E-state index contributed by atoms with van der Waals surface area (Å²) in [6.45, 7) is 3.57. The van der Waals surface area contributed by atoms with Crippen LogP contribution < -0.4 is 5.32 Å². The zero-order valence-corrected chi connectivity index (χ0v) is 12.9. The summed E-state index contributed by atoms with van der Waals surface area (Å²) < 4.78 is 13.3. The summed E-state index contributed by atoms with van der Waals surface area (Å²) in [5.74, 6) is -0.637. The second-order valence-electron chi connectivity index (χ2n) is 4.25. The molecule has 5 heteroatoms. The fourth-order valence-electron chi connectivity index (χ4n) is 1.18. The third-order valence-electron chi connectivity index (χ3n) is 2.44. The van der Waals surface area contributed by atoms with E-state index in [1.807, 2.05) is 6.92 Å². The zero-order valence-electron chi connectivity index (χ0n) is 9.69. The number of nitrogens with one attached hydrogen (secondary N) is 1.